The van der Waals surface area contributed by atoms with E-state index in [2.05, 4.69) is 184 Å². The minimum absolute atomic E-state index is 0.0238. The molecule has 14 rings (SSSR count). The van der Waals surface area contributed by atoms with Gasteiger partial charge < -0.3 is 9.80 Å². The van der Waals surface area contributed by atoms with Crippen molar-refractivity contribution in [1.29, 1.82) is 0 Å². The molecule has 2 nitrogen and oxygen atoms in total. The van der Waals surface area contributed by atoms with Gasteiger partial charge in [0.15, 0.2) is 0 Å². The molecular formula is C83H66F2N2S2. The molecule has 0 spiro atoms. The second kappa shape index (κ2) is 23.8. The maximum atomic E-state index is 19.0. The highest BCUT2D eigenvalue weighted by Crippen LogP contribution is 2.55. The first-order chi connectivity index (χ1) is 43.5. The summed E-state index contributed by atoms with van der Waals surface area (Å²) in [6.07, 6.45) is 5.72. The lowest BCUT2D eigenvalue weighted by atomic mass is 9.83. The van der Waals surface area contributed by atoms with Crippen LogP contribution in [0.1, 0.15) is 85.9 Å². The normalized spacial score (nSPS) is 12.6. The van der Waals surface area contributed by atoms with E-state index in [-0.39, 0.29) is 23.5 Å². The van der Waals surface area contributed by atoms with Gasteiger partial charge >= 0.3 is 0 Å². The van der Waals surface area contributed by atoms with Crippen LogP contribution in [0.25, 0.3) is 95.8 Å². The Bertz CT molecular complexity index is 5100. The Kier molecular flexibility index (Phi) is 15.2. The molecule has 0 aliphatic carbocycles. The summed E-state index contributed by atoms with van der Waals surface area (Å²) in [6, 6.07) is 82.7. The number of rotatable bonds is 15. The summed E-state index contributed by atoms with van der Waals surface area (Å²) in [4.78, 5) is 4.50. The lowest BCUT2D eigenvalue weighted by molar-refractivity contribution is 0.548. The van der Waals surface area contributed by atoms with E-state index in [1.165, 1.54) is 0 Å². The zero-order valence-corrected chi connectivity index (χ0v) is 52.4. The van der Waals surface area contributed by atoms with Crippen molar-refractivity contribution in [1.82, 2.24) is 0 Å². The van der Waals surface area contributed by atoms with E-state index in [4.69, 9.17) is 6.58 Å². The molecule has 6 heteroatoms. The maximum absolute atomic E-state index is 19.0. The Morgan fingerprint density at radius 1 is 0.483 bits per heavy atom. The van der Waals surface area contributed by atoms with Gasteiger partial charge in [-0.05, 0) is 147 Å². The van der Waals surface area contributed by atoms with E-state index in [1.807, 2.05) is 116 Å². The quantitative estimate of drug-likeness (QED) is 0.0746. The van der Waals surface area contributed by atoms with Crippen molar-refractivity contribution in [2.45, 2.75) is 59.4 Å². The number of halogens is 2. The SMILES string of the molecule is C=Cc1c(N(c2c(F)cc(-c3ccccc3)cc2-c2ccccc2)c2cccc3c2sc2ccccc23)cc(C(C)C)c2ccc3c(N(c4cccc5c4sc4ccccc45)C(/C(F)=C\C(=C/C)c4ccccc4)c4ccccc4)cc(C(C)C)c(C)c3c12. The molecule has 1 unspecified atom stereocenters. The summed E-state index contributed by atoms with van der Waals surface area (Å²) < 4.78 is 42.3. The van der Waals surface area contributed by atoms with E-state index in [1.54, 1.807) is 34.8 Å². The molecule has 14 aromatic rings. The molecule has 434 valence electrons. The topological polar surface area (TPSA) is 6.48 Å². The van der Waals surface area contributed by atoms with Gasteiger partial charge in [0.05, 0.1) is 37.8 Å². The molecule has 0 saturated heterocycles. The zero-order valence-electron chi connectivity index (χ0n) is 50.7. The zero-order chi connectivity index (χ0) is 61.0. The molecule has 89 heavy (non-hydrogen) atoms. The monoisotopic (exact) mass is 1190 g/mol. The van der Waals surface area contributed by atoms with Gasteiger partial charge in [0.1, 0.15) is 17.7 Å². The minimum atomic E-state index is -0.931. The van der Waals surface area contributed by atoms with Crippen molar-refractivity contribution in [3.05, 3.63) is 306 Å². The van der Waals surface area contributed by atoms with Crippen molar-refractivity contribution in [3.8, 4) is 22.3 Å². The molecule has 2 aromatic heterocycles. The lowest BCUT2D eigenvalue weighted by Crippen LogP contribution is -2.25. The molecular weight excluding hydrogens is 1130 g/mol. The van der Waals surface area contributed by atoms with Gasteiger partial charge in [0.25, 0.3) is 0 Å². The van der Waals surface area contributed by atoms with E-state index in [0.717, 1.165) is 146 Å². The van der Waals surface area contributed by atoms with Crippen molar-refractivity contribution in [2.75, 3.05) is 9.80 Å². The Hall–Kier alpha value is -9.72. The van der Waals surface area contributed by atoms with E-state index in [9.17, 15) is 0 Å². The third-order valence-electron chi connectivity index (χ3n) is 17.8. The smallest absolute Gasteiger partial charge is 0.148 e. The first-order valence-electron chi connectivity index (χ1n) is 30.7. The van der Waals surface area contributed by atoms with Crippen LogP contribution in [-0.2, 0) is 0 Å². The van der Waals surface area contributed by atoms with Gasteiger partial charge in [0.2, 0.25) is 0 Å². The number of allylic oxidation sites excluding steroid dienone is 3. The maximum Gasteiger partial charge on any atom is 0.148 e. The highest BCUT2D eigenvalue weighted by atomic mass is 32.1. The molecule has 12 aromatic carbocycles. The lowest BCUT2D eigenvalue weighted by Gasteiger charge is -2.36. The molecule has 0 N–H and O–H groups in total. The fourth-order valence-electron chi connectivity index (χ4n) is 13.6. The number of benzene rings is 12. The van der Waals surface area contributed by atoms with Crippen LogP contribution in [0, 0.1) is 12.7 Å². The van der Waals surface area contributed by atoms with Crippen LogP contribution >= 0.6 is 22.7 Å². The average molecular weight is 1190 g/mol. The molecule has 1 atom stereocenters. The van der Waals surface area contributed by atoms with Gasteiger partial charge in [-0.1, -0.05) is 241 Å². The fourth-order valence-corrected chi connectivity index (χ4v) is 16.1. The molecule has 0 fully saturated rings. The first-order valence-corrected chi connectivity index (χ1v) is 32.3. The summed E-state index contributed by atoms with van der Waals surface area (Å²) in [6.45, 7) is 18.0. The summed E-state index contributed by atoms with van der Waals surface area (Å²) in [7, 11) is 0. The van der Waals surface area contributed by atoms with Crippen LogP contribution in [0.5, 0.6) is 0 Å². The molecule has 0 amide bonds. The van der Waals surface area contributed by atoms with E-state index < -0.39 is 6.04 Å². The summed E-state index contributed by atoms with van der Waals surface area (Å²) >= 11 is 3.47. The van der Waals surface area contributed by atoms with Gasteiger partial charge in [-0.3, -0.25) is 0 Å². The Morgan fingerprint density at radius 2 is 1.01 bits per heavy atom. The number of hydrogen-bond donors (Lipinski definition) is 0. The third-order valence-corrected chi connectivity index (χ3v) is 20.2. The highest BCUT2D eigenvalue weighted by Gasteiger charge is 2.34. The van der Waals surface area contributed by atoms with Gasteiger partial charge in [-0.25, -0.2) is 8.78 Å². The number of nitrogens with zero attached hydrogens (tertiary/aromatic N) is 2. The number of fused-ring (bicyclic) bond motifs is 9. The summed E-state index contributed by atoms with van der Waals surface area (Å²) in [5, 5.41) is 8.59. The number of anilines is 5. The Balaban J connectivity index is 1.14. The van der Waals surface area contributed by atoms with Crippen LogP contribution in [0.3, 0.4) is 0 Å². The largest absolute Gasteiger partial charge is 0.326 e. The Morgan fingerprint density at radius 3 is 1.62 bits per heavy atom. The highest BCUT2D eigenvalue weighted by molar-refractivity contribution is 7.26. The second-order valence-corrected chi connectivity index (χ2v) is 25.8. The van der Waals surface area contributed by atoms with Crippen LogP contribution < -0.4 is 9.80 Å². The van der Waals surface area contributed by atoms with Gasteiger partial charge in [-0.15, -0.1) is 22.7 Å². The summed E-state index contributed by atoms with van der Waals surface area (Å²) in [5.74, 6) is -0.588. The van der Waals surface area contributed by atoms with E-state index >= 15 is 8.78 Å². The predicted octanol–water partition coefficient (Wildman–Crippen LogP) is 25.7. The molecule has 0 bridgehead atoms. The molecule has 0 aliphatic heterocycles. The van der Waals surface area contributed by atoms with Gasteiger partial charge in [-0.2, -0.15) is 0 Å². The van der Waals surface area contributed by atoms with Crippen molar-refractivity contribution >= 4 is 125 Å². The van der Waals surface area contributed by atoms with E-state index in [0.29, 0.717) is 5.69 Å². The molecule has 2 heterocycles. The summed E-state index contributed by atoms with van der Waals surface area (Å²) in [5.41, 5.74) is 13.9. The number of thiophene rings is 2. The van der Waals surface area contributed by atoms with Crippen LogP contribution in [-0.4, -0.2) is 0 Å². The second-order valence-electron chi connectivity index (χ2n) is 23.7. The minimum Gasteiger partial charge on any atom is -0.326 e. The van der Waals surface area contributed by atoms with Gasteiger partial charge in [0, 0.05) is 47.5 Å². The number of aryl methyl sites for hydroxylation is 1. The van der Waals surface area contributed by atoms with Crippen LogP contribution in [0.15, 0.2) is 267 Å². The molecule has 0 aliphatic rings. The standard InChI is InChI=1S/C83H66F2N2S2/c1-8-54(55-28-14-10-15-29-55)47-70(84)80(58-34-20-13-21-35-58)86(72-40-26-38-64-61-36-22-24-42-76(61)88-82(64)72)75-49-67(51(3)4)53(7)78-66(75)45-44-63-68(52(5)6)50-74(60(9-2)79(63)78)87(73-41-27-39-65-62-37-23-25-43-77(62)89-83(65)73)81-69(57-32-18-12-19-33-57)46-59(48-71(81)85)56-30-16-11-17-31-56/h8-52,80H,2H2,1,3-7H3/b54-8+,70-47+. The van der Waals surface area contributed by atoms with Crippen molar-refractivity contribution in [3.63, 3.8) is 0 Å². The average Bonchev–Trinajstić information content (AvgIpc) is 1.91. The third kappa shape index (κ3) is 10.0. The molecule has 0 radical (unpaired) electrons. The Labute approximate surface area is 527 Å². The number of hydrogen-bond acceptors (Lipinski definition) is 4. The van der Waals surface area contributed by atoms with Crippen molar-refractivity contribution in [2.24, 2.45) is 0 Å². The molecule has 0 saturated carbocycles. The fraction of sp³-hybridized carbons (Fsp3) is 0.108. The first kappa shape index (κ1) is 57.0. The predicted molar refractivity (Wildman–Crippen MR) is 383 cm³/mol. The van der Waals surface area contributed by atoms with Crippen molar-refractivity contribution < 1.29 is 8.78 Å². The van der Waals surface area contributed by atoms with Crippen LogP contribution in [0.2, 0.25) is 0 Å². The van der Waals surface area contributed by atoms with Crippen LogP contribution in [0.4, 0.5) is 37.2 Å².